The molecule has 0 nitrogen and oxygen atoms in total. The fourth-order valence-electron chi connectivity index (χ4n) is 2.47. The summed E-state index contributed by atoms with van der Waals surface area (Å²) in [6.07, 6.45) is 5.45. The molecule has 0 spiro atoms. The zero-order valence-electron chi connectivity index (χ0n) is 8.93. The van der Waals surface area contributed by atoms with Gasteiger partial charge in [-0.1, -0.05) is 13.8 Å². The Labute approximate surface area is 87.9 Å². The first-order chi connectivity index (χ1) is 6.86. The summed E-state index contributed by atoms with van der Waals surface area (Å²) in [4.78, 5) is 0. The lowest BCUT2D eigenvalue weighted by molar-refractivity contribution is 0.696. The molecule has 1 aliphatic carbocycles. The molecular formula is C13H16P+. The third-order valence-electron chi connectivity index (χ3n) is 3.24. The van der Waals surface area contributed by atoms with E-state index < -0.39 is 0 Å². The van der Waals surface area contributed by atoms with Gasteiger partial charge in [-0.2, -0.15) is 0 Å². The molecule has 2 aliphatic rings. The maximum absolute atomic E-state index is 3.20. The zero-order valence-corrected chi connectivity index (χ0v) is 9.82. The molecule has 0 saturated carbocycles. The molecule has 1 aliphatic heterocycles. The van der Waals surface area contributed by atoms with Crippen LogP contribution in [0.1, 0.15) is 39.5 Å². The summed E-state index contributed by atoms with van der Waals surface area (Å²) in [6, 6.07) is 0. The highest BCUT2D eigenvalue weighted by Gasteiger charge is 2.41. The lowest BCUT2D eigenvalue weighted by Gasteiger charge is -2.02. The van der Waals surface area contributed by atoms with E-state index in [1.165, 1.54) is 31.0 Å². The van der Waals surface area contributed by atoms with Crippen molar-refractivity contribution < 1.29 is 0 Å². The summed E-state index contributed by atoms with van der Waals surface area (Å²) in [5.74, 6) is 12.2. The van der Waals surface area contributed by atoms with Gasteiger partial charge in [0.15, 0.2) is 0 Å². The number of rotatable bonds is 2. The van der Waals surface area contributed by atoms with Gasteiger partial charge < -0.3 is 0 Å². The van der Waals surface area contributed by atoms with Crippen molar-refractivity contribution in [2.75, 3.05) is 0 Å². The zero-order chi connectivity index (χ0) is 9.97. The van der Waals surface area contributed by atoms with Gasteiger partial charge >= 0.3 is 0 Å². The normalized spacial score (nSPS) is 28.4. The van der Waals surface area contributed by atoms with Gasteiger partial charge in [-0.15, -0.1) is 0 Å². The average molecular weight is 203 g/mol. The lowest BCUT2D eigenvalue weighted by Crippen LogP contribution is -2.02. The van der Waals surface area contributed by atoms with E-state index in [1.807, 2.05) is 0 Å². The third kappa shape index (κ3) is 1.61. The van der Waals surface area contributed by atoms with E-state index in [0.29, 0.717) is 0 Å². The molecule has 0 N–H and O–H groups in total. The van der Waals surface area contributed by atoms with Crippen LogP contribution in [0.2, 0.25) is 0 Å². The molecule has 1 fully saturated rings. The molecular weight excluding hydrogens is 187 g/mol. The van der Waals surface area contributed by atoms with E-state index in [2.05, 4.69) is 37.5 Å². The third-order valence-corrected chi connectivity index (χ3v) is 6.81. The summed E-state index contributed by atoms with van der Waals surface area (Å²) in [5.41, 5.74) is 1.82. The first-order valence-corrected chi connectivity index (χ1v) is 7.02. The van der Waals surface area contributed by atoms with Crippen molar-refractivity contribution in [1.29, 1.82) is 0 Å². The molecule has 0 aromatic carbocycles. The van der Waals surface area contributed by atoms with Crippen LogP contribution in [0, 0.1) is 23.7 Å². The van der Waals surface area contributed by atoms with Crippen LogP contribution in [0.25, 0.3) is 0 Å². The molecule has 0 bridgehead atoms. The van der Waals surface area contributed by atoms with Crippen molar-refractivity contribution in [3.8, 4) is 23.7 Å². The second kappa shape index (κ2) is 4.21. The summed E-state index contributed by atoms with van der Waals surface area (Å²) in [6.45, 7) is 4.63. The van der Waals surface area contributed by atoms with E-state index in [9.17, 15) is 0 Å². The van der Waals surface area contributed by atoms with Crippen molar-refractivity contribution in [2.24, 2.45) is 0 Å². The van der Waals surface area contributed by atoms with Gasteiger partial charge in [0.05, 0.1) is 0 Å². The highest BCUT2D eigenvalue weighted by atomic mass is 31.1. The summed E-state index contributed by atoms with van der Waals surface area (Å²) in [7, 11) is -0.00386. The van der Waals surface area contributed by atoms with Gasteiger partial charge in [0, 0.05) is 11.8 Å². The molecule has 1 saturated heterocycles. The summed E-state index contributed by atoms with van der Waals surface area (Å²) >= 11 is 0. The van der Waals surface area contributed by atoms with E-state index in [4.69, 9.17) is 0 Å². The Morgan fingerprint density at radius 3 is 2.00 bits per heavy atom. The molecule has 1 heteroatoms. The quantitative estimate of drug-likeness (QED) is 0.478. The first-order valence-electron chi connectivity index (χ1n) is 5.54. The Balaban J connectivity index is 2.36. The van der Waals surface area contributed by atoms with Gasteiger partial charge in [-0.3, -0.25) is 0 Å². The Hall–Kier alpha value is -0.710. The van der Waals surface area contributed by atoms with Gasteiger partial charge in [-0.25, -0.2) is 0 Å². The van der Waals surface area contributed by atoms with Crippen LogP contribution in [0.3, 0.4) is 0 Å². The molecule has 72 valence electrons. The van der Waals surface area contributed by atoms with Gasteiger partial charge in [0.1, 0.15) is 18.9 Å². The Bertz CT molecular complexity index is 345. The monoisotopic (exact) mass is 203 g/mol. The van der Waals surface area contributed by atoms with Crippen molar-refractivity contribution in [1.82, 2.24) is 0 Å². The Kier molecular flexibility index (Phi) is 2.96. The predicted octanol–water partition coefficient (Wildman–Crippen LogP) is 3.01. The van der Waals surface area contributed by atoms with Gasteiger partial charge in [0.25, 0.3) is 0 Å². The van der Waals surface area contributed by atoms with E-state index in [1.54, 1.807) is 0 Å². The van der Waals surface area contributed by atoms with Crippen molar-refractivity contribution >= 4 is 12.8 Å². The fourth-order valence-corrected chi connectivity index (χ4v) is 5.81. The molecule has 0 aromatic rings. The highest BCUT2D eigenvalue weighted by Crippen LogP contribution is 2.51. The van der Waals surface area contributed by atoms with Crippen LogP contribution in [0.5, 0.6) is 0 Å². The van der Waals surface area contributed by atoms with Crippen LogP contribution in [-0.4, -0.2) is 16.6 Å². The smallest absolute Gasteiger partial charge is 0.0612 e. The molecule has 0 amide bonds. The minimum atomic E-state index is -0.00386. The van der Waals surface area contributed by atoms with E-state index >= 15 is 0 Å². The maximum atomic E-state index is 3.20. The van der Waals surface area contributed by atoms with Crippen LogP contribution >= 0.6 is 7.55 Å². The van der Waals surface area contributed by atoms with Crippen LogP contribution in [0.4, 0.5) is 0 Å². The minimum Gasteiger partial charge on any atom is -0.0612 e. The molecule has 0 unspecified atom stereocenters. The standard InChI is InChI=1S/C13H16P/c1-3-11-9-10-12(4-2)14(11)13-7-5-6-8-13/h11-12H,3-4,9-10H2,1-2H3/q+1/t11-,12-/m0/s1. The topological polar surface area (TPSA) is 0 Å². The van der Waals surface area contributed by atoms with Crippen molar-refractivity contribution in [3.63, 3.8) is 0 Å². The molecule has 0 aromatic heterocycles. The molecule has 2 atom stereocenters. The van der Waals surface area contributed by atoms with E-state index in [0.717, 1.165) is 11.3 Å². The second-order valence-corrected chi connectivity index (χ2v) is 6.68. The maximum Gasteiger partial charge on any atom is 0.245 e. The summed E-state index contributed by atoms with van der Waals surface area (Å²) < 4.78 is 0. The number of hydrogen-bond acceptors (Lipinski definition) is 0. The largest absolute Gasteiger partial charge is 0.245 e. The number of hydrogen-bond donors (Lipinski definition) is 0. The fraction of sp³-hybridized carbons (Fsp3) is 0.615. The van der Waals surface area contributed by atoms with Crippen molar-refractivity contribution in [3.05, 3.63) is 0 Å². The van der Waals surface area contributed by atoms with Gasteiger partial charge in [-0.05, 0) is 37.5 Å². The van der Waals surface area contributed by atoms with Crippen LogP contribution in [0.15, 0.2) is 0 Å². The molecule has 0 radical (unpaired) electrons. The van der Waals surface area contributed by atoms with Gasteiger partial charge in [0.2, 0.25) is 5.29 Å². The summed E-state index contributed by atoms with van der Waals surface area (Å²) in [5, 5.41) is 1.30. The second-order valence-electron chi connectivity index (χ2n) is 3.96. The predicted molar refractivity (Wildman–Crippen MR) is 64.9 cm³/mol. The first kappa shape index (κ1) is 9.83. The Morgan fingerprint density at radius 2 is 1.57 bits per heavy atom. The van der Waals surface area contributed by atoms with E-state index in [-0.39, 0.29) is 7.55 Å². The molecule has 1 heterocycles. The lowest BCUT2D eigenvalue weighted by atomic mass is 10.1. The Morgan fingerprint density at radius 1 is 1.07 bits per heavy atom. The van der Waals surface area contributed by atoms with Crippen LogP contribution in [-0.2, 0) is 0 Å². The SMILES string of the molecule is CC[C@H]1CC[C@H](CC)[P+]1=C1C#CC#C1. The minimum absolute atomic E-state index is 0.00386. The highest BCUT2D eigenvalue weighted by molar-refractivity contribution is 7.62. The van der Waals surface area contributed by atoms with Crippen LogP contribution < -0.4 is 0 Å². The van der Waals surface area contributed by atoms with Crippen molar-refractivity contribution in [2.45, 2.75) is 50.8 Å². The molecule has 14 heavy (non-hydrogen) atoms. The molecule has 2 rings (SSSR count). The average Bonchev–Trinajstić information content (AvgIpc) is 2.85.